The van der Waals surface area contributed by atoms with Crippen LogP contribution >= 0.6 is 11.6 Å². The fraction of sp³-hybridized carbons (Fsp3) is 0.143. The van der Waals surface area contributed by atoms with Crippen molar-refractivity contribution in [1.82, 2.24) is 0 Å². The summed E-state index contributed by atoms with van der Waals surface area (Å²) in [6.45, 7) is 2.35. The van der Waals surface area contributed by atoms with Crippen molar-refractivity contribution in [3.8, 4) is 11.5 Å². The van der Waals surface area contributed by atoms with Crippen LogP contribution in [-0.4, -0.2) is 0 Å². The normalized spacial score (nSPS) is 10.4. The van der Waals surface area contributed by atoms with Gasteiger partial charge in [0, 0.05) is 6.54 Å². The summed E-state index contributed by atoms with van der Waals surface area (Å²) in [4.78, 5) is 0. The molecule has 0 aliphatic rings. The molecule has 2 N–H and O–H groups in total. The summed E-state index contributed by atoms with van der Waals surface area (Å²) < 4.78 is 19.2. The van der Waals surface area contributed by atoms with Crippen LogP contribution in [0.5, 0.6) is 11.5 Å². The van der Waals surface area contributed by atoms with E-state index in [-0.39, 0.29) is 10.8 Å². The summed E-state index contributed by atoms with van der Waals surface area (Å²) in [5.74, 6) is 0.154. The Labute approximate surface area is 110 Å². The minimum absolute atomic E-state index is 0.0451. The molecule has 18 heavy (non-hydrogen) atoms. The lowest BCUT2D eigenvalue weighted by molar-refractivity contribution is 0.439. The second kappa shape index (κ2) is 5.38. The number of benzene rings is 2. The standard InChI is InChI=1S/C14H13ClFNO/c1-9-7-10(8-17)5-6-12(9)18-13-4-2-3-11(15)14(13)16/h2-7H,8,17H2,1H3. The highest BCUT2D eigenvalue weighted by Gasteiger charge is 2.09. The van der Waals surface area contributed by atoms with E-state index in [1.54, 1.807) is 12.1 Å². The Bertz CT molecular complexity index is 572. The maximum absolute atomic E-state index is 13.7. The lowest BCUT2D eigenvalue weighted by atomic mass is 10.1. The molecule has 0 aliphatic heterocycles. The summed E-state index contributed by atoms with van der Waals surface area (Å²) in [6.07, 6.45) is 0. The minimum Gasteiger partial charge on any atom is -0.454 e. The number of rotatable bonds is 3. The van der Waals surface area contributed by atoms with Gasteiger partial charge in [0.25, 0.3) is 0 Å². The van der Waals surface area contributed by atoms with Gasteiger partial charge in [0.15, 0.2) is 11.6 Å². The molecule has 0 heterocycles. The SMILES string of the molecule is Cc1cc(CN)ccc1Oc1cccc(Cl)c1F. The van der Waals surface area contributed by atoms with Crippen LogP contribution in [0.1, 0.15) is 11.1 Å². The van der Waals surface area contributed by atoms with Crippen molar-refractivity contribution >= 4 is 11.6 Å². The van der Waals surface area contributed by atoms with Gasteiger partial charge in [-0.2, -0.15) is 0 Å². The Morgan fingerprint density at radius 2 is 2.00 bits per heavy atom. The molecule has 94 valence electrons. The topological polar surface area (TPSA) is 35.2 Å². The molecule has 2 rings (SSSR count). The highest BCUT2D eigenvalue weighted by Crippen LogP contribution is 2.30. The van der Waals surface area contributed by atoms with Crippen LogP contribution < -0.4 is 10.5 Å². The molecule has 0 unspecified atom stereocenters. The maximum Gasteiger partial charge on any atom is 0.184 e. The highest BCUT2D eigenvalue weighted by atomic mass is 35.5. The first-order valence-corrected chi connectivity index (χ1v) is 5.91. The van der Waals surface area contributed by atoms with Crippen LogP contribution in [0.25, 0.3) is 0 Å². The van der Waals surface area contributed by atoms with Gasteiger partial charge in [0.05, 0.1) is 5.02 Å². The van der Waals surface area contributed by atoms with E-state index in [9.17, 15) is 4.39 Å². The molecular weight excluding hydrogens is 253 g/mol. The van der Waals surface area contributed by atoms with Crippen molar-refractivity contribution in [2.75, 3.05) is 0 Å². The van der Waals surface area contributed by atoms with Gasteiger partial charge in [-0.1, -0.05) is 29.8 Å². The van der Waals surface area contributed by atoms with E-state index in [1.807, 2.05) is 19.1 Å². The van der Waals surface area contributed by atoms with Crippen LogP contribution in [0.15, 0.2) is 36.4 Å². The van der Waals surface area contributed by atoms with E-state index < -0.39 is 5.82 Å². The van der Waals surface area contributed by atoms with Crippen molar-refractivity contribution < 1.29 is 9.13 Å². The van der Waals surface area contributed by atoms with Gasteiger partial charge in [-0.3, -0.25) is 0 Å². The summed E-state index contributed by atoms with van der Waals surface area (Å²) in [6, 6.07) is 10.2. The second-order valence-corrected chi connectivity index (χ2v) is 4.37. The van der Waals surface area contributed by atoms with Crippen molar-refractivity contribution in [1.29, 1.82) is 0 Å². The van der Waals surface area contributed by atoms with E-state index in [2.05, 4.69) is 0 Å². The summed E-state index contributed by atoms with van der Waals surface area (Å²) in [7, 11) is 0. The predicted octanol–water partition coefficient (Wildman–Crippen LogP) is 4.04. The highest BCUT2D eigenvalue weighted by molar-refractivity contribution is 6.30. The summed E-state index contributed by atoms with van der Waals surface area (Å²) in [5, 5.41) is 0.0451. The summed E-state index contributed by atoms with van der Waals surface area (Å²) in [5.41, 5.74) is 7.45. The lowest BCUT2D eigenvalue weighted by Gasteiger charge is -2.11. The number of nitrogens with two attached hydrogens (primary N) is 1. The monoisotopic (exact) mass is 265 g/mol. The smallest absolute Gasteiger partial charge is 0.184 e. The zero-order valence-electron chi connectivity index (χ0n) is 9.91. The Morgan fingerprint density at radius 1 is 1.22 bits per heavy atom. The second-order valence-electron chi connectivity index (χ2n) is 3.96. The first-order valence-electron chi connectivity index (χ1n) is 5.53. The molecule has 0 aromatic heterocycles. The average Bonchev–Trinajstić information content (AvgIpc) is 2.37. The molecule has 0 spiro atoms. The number of ether oxygens (including phenoxy) is 1. The molecule has 2 nitrogen and oxygen atoms in total. The molecule has 0 saturated carbocycles. The van der Waals surface area contributed by atoms with E-state index in [1.165, 1.54) is 12.1 Å². The zero-order chi connectivity index (χ0) is 13.1. The van der Waals surface area contributed by atoms with Gasteiger partial charge in [0.2, 0.25) is 0 Å². The van der Waals surface area contributed by atoms with Crippen LogP contribution in [0, 0.1) is 12.7 Å². The van der Waals surface area contributed by atoms with Gasteiger partial charge in [-0.15, -0.1) is 0 Å². The Hall–Kier alpha value is -1.58. The Balaban J connectivity index is 2.31. The third kappa shape index (κ3) is 2.63. The number of hydrogen-bond acceptors (Lipinski definition) is 2. The van der Waals surface area contributed by atoms with Crippen molar-refractivity contribution in [2.24, 2.45) is 5.73 Å². The Morgan fingerprint density at radius 3 is 2.67 bits per heavy atom. The van der Waals surface area contributed by atoms with E-state index in [4.69, 9.17) is 22.1 Å². The van der Waals surface area contributed by atoms with Gasteiger partial charge >= 0.3 is 0 Å². The van der Waals surface area contributed by atoms with Crippen LogP contribution in [0.3, 0.4) is 0 Å². The van der Waals surface area contributed by atoms with Crippen molar-refractivity contribution in [2.45, 2.75) is 13.5 Å². The van der Waals surface area contributed by atoms with Crippen LogP contribution in [0.2, 0.25) is 5.02 Å². The first kappa shape index (κ1) is 12.9. The average molecular weight is 266 g/mol. The molecule has 0 bridgehead atoms. The molecule has 0 amide bonds. The van der Waals surface area contributed by atoms with E-state index >= 15 is 0 Å². The maximum atomic E-state index is 13.7. The molecule has 0 aliphatic carbocycles. The fourth-order valence-electron chi connectivity index (χ4n) is 1.63. The van der Waals surface area contributed by atoms with Crippen molar-refractivity contribution in [3.05, 3.63) is 58.4 Å². The molecule has 0 fully saturated rings. The van der Waals surface area contributed by atoms with Crippen molar-refractivity contribution in [3.63, 3.8) is 0 Å². The molecule has 2 aromatic rings. The van der Waals surface area contributed by atoms with E-state index in [0.717, 1.165) is 11.1 Å². The van der Waals surface area contributed by atoms with Gasteiger partial charge in [0.1, 0.15) is 5.75 Å². The molecule has 4 heteroatoms. The number of aryl methyl sites for hydroxylation is 1. The fourth-order valence-corrected chi connectivity index (χ4v) is 1.80. The zero-order valence-corrected chi connectivity index (χ0v) is 10.7. The lowest BCUT2D eigenvalue weighted by Crippen LogP contribution is -1.97. The van der Waals surface area contributed by atoms with Gasteiger partial charge in [-0.25, -0.2) is 4.39 Å². The quantitative estimate of drug-likeness (QED) is 0.909. The molecular formula is C14H13ClFNO. The third-order valence-corrected chi connectivity index (χ3v) is 2.90. The molecule has 0 saturated heterocycles. The number of halogens is 2. The molecule has 2 aromatic carbocycles. The molecule has 0 radical (unpaired) electrons. The summed E-state index contributed by atoms with van der Waals surface area (Å²) >= 11 is 5.70. The predicted molar refractivity (Wildman–Crippen MR) is 70.6 cm³/mol. The molecule has 0 atom stereocenters. The van der Waals surface area contributed by atoms with Crippen LogP contribution in [-0.2, 0) is 6.54 Å². The number of hydrogen-bond donors (Lipinski definition) is 1. The first-order chi connectivity index (χ1) is 8.61. The van der Waals surface area contributed by atoms with Gasteiger partial charge < -0.3 is 10.5 Å². The third-order valence-electron chi connectivity index (χ3n) is 2.61. The Kier molecular flexibility index (Phi) is 3.84. The van der Waals surface area contributed by atoms with Gasteiger partial charge in [-0.05, 0) is 36.2 Å². The van der Waals surface area contributed by atoms with E-state index in [0.29, 0.717) is 12.3 Å². The van der Waals surface area contributed by atoms with Crippen LogP contribution in [0.4, 0.5) is 4.39 Å². The minimum atomic E-state index is -0.554. The largest absolute Gasteiger partial charge is 0.454 e.